The van der Waals surface area contributed by atoms with E-state index in [0.29, 0.717) is 6.42 Å². The zero-order chi connectivity index (χ0) is 18.1. The van der Waals surface area contributed by atoms with Gasteiger partial charge in [-0.05, 0) is 36.8 Å². The van der Waals surface area contributed by atoms with E-state index in [1.54, 1.807) is 7.11 Å². The molecule has 134 valence electrons. The fourth-order valence-corrected chi connectivity index (χ4v) is 3.74. The Bertz CT molecular complexity index is 930. The molecule has 1 amide bonds. The molecule has 5 heteroatoms. The molecule has 1 unspecified atom stereocenters. The van der Waals surface area contributed by atoms with Crippen molar-refractivity contribution in [3.8, 4) is 5.75 Å². The number of hydrogen-bond donors (Lipinski definition) is 0. The van der Waals surface area contributed by atoms with Crippen LogP contribution in [0.3, 0.4) is 0 Å². The quantitative estimate of drug-likeness (QED) is 0.709. The van der Waals surface area contributed by atoms with Gasteiger partial charge in [-0.2, -0.15) is 0 Å². The standard InChI is InChI=1S/C21H23N3O2/c1-3-23-14-16(12-20(23)25)21-22-18-6-4-5-7-19(18)24(21)13-15-8-10-17(26-2)11-9-15/h4-11,16H,3,12-14H2,1-2H3. The minimum Gasteiger partial charge on any atom is -0.497 e. The lowest BCUT2D eigenvalue weighted by molar-refractivity contribution is -0.127. The Morgan fingerprint density at radius 1 is 1.15 bits per heavy atom. The second-order valence-electron chi connectivity index (χ2n) is 6.73. The number of methoxy groups -OCH3 is 1. The van der Waals surface area contributed by atoms with Crippen LogP contribution in [0, 0.1) is 0 Å². The molecular weight excluding hydrogens is 326 g/mol. The maximum absolute atomic E-state index is 12.2. The summed E-state index contributed by atoms with van der Waals surface area (Å²) in [5.41, 5.74) is 3.28. The molecule has 1 fully saturated rings. The lowest BCUT2D eigenvalue weighted by Crippen LogP contribution is -2.24. The van der Waals surface area contributed by atoms with Crippen LogP contribution in [-0.2, 0) is 11.3 Å². The van der Waals surface area contributed by atoms with Gasteiger partial charge in [0, 0.05) is 32.0 Å². The minimum absolute atomic E-state index is 0.146. The summed E-state index contributed by atoms with van der Waals surface area (Å²) < 4.78 is 7.51. The summed E-state index contributed by atoms with van der Waals surface area (Å²) in [4.78, 5) is 19.0. The number of para-hydroxylation sites is 2. The number of benzene rings is 2. The highest BCUT2D eigenvalue weighted by Crippen LogP contribution is 2.31. The molecule has 0 aliphatic carbocycles. The van der Waals surface area contributed by atoms with Gasteiger partial charge in [-0.3, -0.25) is 4.79 Å². The summed E-state index contributed by atoms with van der Waals surface area (Å²) in [5, 5.41) is 0. The van der Waals surface area contributed by atoms with Gasteiger partial charge >= 0.3 is 0 Å². The third-order valence-corrected chi connectivity index (χ3v) is 5.15. The molecule has 26 heavy (non-hydrogen) atoms. The van der Waals surface area contributed by atoms with Crippen molar-refractivity contribution in [3.05, 3.63) is 59.9 Å². The summed E-state index contributed by atoms with van der Waals surface area (Å²) in [6.07, 6.45) is 0.541. The fourth-order valence-electron chi connectivity index (χ4n) is 3.74. The van der Waals surface area contributed by atoms with E-state index in [1.807, 2.05) is 42.2 Å². The lowest BCUT2D eigenvalue weighted by Gasteiger charge is -2.15. The minimum atomic E-state index is 0.146. The number of ether oxygens (including phenoxy) is 1. The molecule has 2 aromatic carbocycles. The Morgan fingerprint density at radius 3 is 2.62 bits per heavy atom. The van der Waals surface area contributed by atoms with Crippen LogP contribution in [0.4, 0.5) is 0 Å². The summed E-state index contributed by atoms with van der Waals surface area (Å²) in [7, 11) is 1.67. The van der Waals surface area contributed by atoms with E-state index in [1.165, 1.54) is 5.56 Å². The predicted molar refractivity (Wildman–Crippen MR) is 101 cm³/mol. The maximum atomic E-state index is 12.2. The van der Waals surface area contributed by atoms with Crippen LogP contribution in [0.25, 0.3) is 11.0 Å². The van der Waals surface area contributed by atoms with E-state index in [4.69, 9.17) is 9.72 Å². The molecule has 1 saturated heterocycles. The number of likely N-dealkylation sites (N-methyl/N-ethyl adjacent to an activating group) is 1. The summed E-state index contributed by atoms with van der Waals surface area (Å²) in [6.45, 7) is 4.27. The van der Waals surface area contributed by atoms with Crippen LogP contribution in [-0.4, -0.2) is 40.6 Å². The van der Waals surface area contributed by atoms with Crippen molar-refractivity contribution in [2.45, 2.75) is 25.8 Å². The van der Waals surface area contributed by atoms with Crippen molar-refractivity contribution in [1.29, 1.82) is 0 Å². The van der Waals surface area contributed by atoms with Gasteiger partial charge in [0.25, 0.3) is 0 Å². The van der Waals surface area contributed by atoms with Crippen molar-refractivity contribution in [2.75, 3.05) is 20.2 Å². The van der Waals surface area contributed by atoms with Gasteiger partial charge in [-0.1, -0.05) is 24.3 Å². The largest absolute Gasteiger partial charge is 0.497 e. The van der Waals surface area contributed by atoms with Crippen LogP contribution < -0.4 is 4.74 Å². The molecule has 0 bridgehead atoms. The first-order valence-corrected chi connectivity index (χ1v) is 9.05. The van der Waals surface area contributed by atoms with Gasteiger partial charge in [-0.15, -0.1) is 0 Å². The molecule has 5 nitrogen and oxygen atoms in total. The Labute approximate surface area is 153 Å². The molecule has 2 heterocycles. The van der Waals surface area contributed by atoms with Crippen LogP contribution in [0.1, 0.15) is 30.7 Å². The first kappa shape index (κ1) is 16.6. The van der Waals surface area contributed by atoms with Gasteiger partial charge < -0.3 is 14.2 Å². The van der Waals surface area contributed by atoms with E-state index < -0.39 is 0 Å². The number of fused-ring (bicyclic) bond motifs is 1. The molecule has 1 aromatic heterocycles. The monoisotopic (exact) mass is 349 g/mol. The van der Waals surface area contributed by atoms with Crippen molar-refractivity contribution in [3.63, 3.8) is 0 Å². The van der Waals surface area contributed by atoms with Crippen LogP contribution in [0.5, 0.6) is 5.75 Å². The predicted octanol–water partition coefficient (Wildman–Crippen LogP) is 3.43. The molecule has 0 saturated carbocycles. The van der Waals surface area contributed by atoms with Gasteiger partial charge in [0.2, 0.25) is 5.91 Å². The summed E-state index contributed by atoms with van der Waals surface area (Å²) in [6, 6.07) is 16.3. The van der Waals surface area contributed by atoms with E-state index >= 15 is 0 Å². The first-order valence-electron chi connectivity index (χ1n) is 9.05. The second kappa shape index (κ2) is 6.83. The lowest BCUT2D eigenvalue weighted by atomic mass is 10.1. The molecular formula is C21H23N3O2. The second-order valence-corrected chi connectivity index (χ2v) is 6.73. The van der Waals surface area contributed by atoms with E-state index in [9.17, 15) is 4.79 Å². The molecule has 1 atom stereocenters. The summed E-state index contributed by atoms with van der Waals surface area (Å²) in [5.74, 6) is 2.23. The Morgan fingerprint density at radius 2 is 1.92 bits per heavy atom. The number of nitrogens with zero attached hydrogens (tertiary/aromatic N) is 3. The van der Waals surface area contributed by atoms with Gasteiger partial charge in [-0.25, -0.2) is 4.98 Å². The molecule has 1 aliphatic rings. The molecule has 0 spiro atoms. The average Bonchev–Trinajstić information content (AvgIpc) is 3.23. The number of carbonyl (C=O) groups excluding carboxylic acids is 1. The van der Waals surface area contributed by atoms with Crippen LogP contribution >= 0.6 is 0 Å². The number of likely N-dealkylation sites (tertiary alicyclic amines) is 1. The van der Waals surface area contributed by atoms with E-state index in [0.717, 1.165) is 42.2 Å². The SMILES string of the molecule is CCN1CC(c2nc3ccccc3n2Cc2ccc(OC)cc2)CC1=O. The smallest absolute Gasteiger partial charge is 0.223 e. The number of amides is 1. The highest BCUT2D eigenvalue weighted by atomic mass is 16.5. The van der Waals surface area contributed by atoms with Gasteiger partial charge in [0.05, 0.1) is 18.1 Å². The normalized spacial score (nSPS) is 17.2. The third-order valence-electron chi connectivity index (χ3n) is 5.15. The Kier molecular flexibility index (Phi) is 4.37. The number of aromatic nitrogens is 2. The topological polar surface area (TPSA) is 47.4 Å². The van der Waals surface area contributed by atoms with Crippen molar-refractivity contribution in [2.24, 2.45) is 0 Å². The first-order chi connectivity index (χ1) is 12.7. The number of carbonyl (C=O) groups is 1. The van der Waals surface area contributed by atoms with Crippen molar-refractivity contribution >= 4 is 16.9 Å². The molecule has 0 N–H and O–H groups in total. The zero-order valence-corrected chi connectivity index (χ0v) is 15.2. The molecule has 0 radical (unpaired) electrons. The van der Waals surface area contributed by atoms with Crippen molar-refractivity contribution in [1.82, 2.24) is 14.5 Å². The zero-order valence-electron chi connectivity index (χ0n) is 15.2. The maximum Gasteiger partial charge on any atom is 0.223 e. The number of hydrogen-bond acceptors (Lipinski definition) is 3. The highest BCUT2D eigenvalue weighted by Gasteiger charge is 2.33. The van der Waals surface area contributed by atoms with E-state index in [-0.39, 0.29) is 11.8 Å². The average molecular weight is 349 g/mol. The third kappa shape index (κ3) is 2.94. The highest BCUT2D eigenvalue weighted by molar-refractivity contribution is 5.81. The van der Waals surface area contributed by atoms with E-state index in [2.05, 4.69) is 22.8 Å². The Hall–Kier alpha value is -2.82. The van der Waals surface area contributed by atoms with Crippen LogP contribution in [0.2, 0.25) is 0 Å². The van der Waals surface area contributed by atoms with Gasteiger partial charge in [0.15, 0.2) is 0 Å². The summed E-state index contributed by atoms with van der Waals surface area (Å²) >= 11 is 0. The van der Waals surface area contributed by atoms with Gasteiger partial charge in [0.1, 0.15) is 11.6 Å². The van der Waals surface area contributed by atoms with Crippen molar-refractivity contribution < 1.29 is 9.53 Å². The van der Waals surface area contributed by atoms with Crippen LogP contribution in [0.15, 0.2) is 48.5 Å². The fraction of sp³-hybridized carbons (Fsp3) is 0.333. The molecule has 3 aromatic rings. The number of rotatable bonds is 5. The molecule has 1 aliphatic heterocycles. The molecule has 4 rings (SSSR count). The number of imidazole rings is 1. The Balaban J connectivity index is 1.73.